The van der Waals surface area contributed by atoms with Crippen LogP contribution in [0.1, 0.15) is 0 Å². The molecule has 0 unspecified atom stereocenters. The number of terminal acetylenes is 1. The number of amides is 1. The lowest BCUT2D eigenvalue weighted by atomic mass is 10.6. The SMILES string of the molecule is C#CC(=O)NCOC. The Hall–Kier alpha value is -1.01. The van der Waals surface area contributed by atoms with E-state index in [1.165, 1.54) is 7.11 Å². The molecule has 0 rings (SSSR count). The lowest BCUT2D eigenvalue weighted by Crippen LogP contribution is -2.23. The maximum absolute atomic E-state index is 10.1. The van der Waals surface area contributed by atoms with Crippen LogP contribution >= 0.6 is 0 Å². The molecule has 3 heteroatoms. The van der Waals surface area contributed by atoms with Crippen LogP contribution in [0.25, 0.3) is 0 Å². The third-order valence-electron chi connectivity index (χ3n) is 0.508. The predicted octanol–water partition coefficient (Wildman–Crippen LogP) is -0.660. The molecule has 1 N–H and O–H groups in total. The Bertz CT molecular complexity index is 114. The number of hydrogen-bond donors (Lipinski definition) is 1. The van der Waals surface area contributed by atoms with Gasteiger partial charge < -0.3 is 10.1 Å². The Balaban J connectivity index is 3.16. The summed E-state index contributed by atoms with van der Waals surface area (Å²) in [6.45, 7) is 0.170. The molecule has 0 heterocycles. The third kappa shape index (κ3) is 3.19. The van der Waals surface area contributed by atoms with Crippen molar-refractivity contribution >= 4 is 5.91 Å². The van der Waals surface area contributed by atoms with Crippen LogP contribution in [0.2, 0.25) is 0 Å². The van der Waals surface area contributed by atoms with Crippen LogP contribution < -0.4 is 5.32 Å². The number of methoxy groups -OCH3 is 1. The van der Waals surface area contributed by atoms with Crippen LogP contribution in [0.3, 0.4) is 0 Å². The number of nitrogens with one attached hydrogen (secondary N) is 1. The molecule has 0 aromatic heterocycles. The smallest absolute Gasteiger partial charge is 0.297 e. The minimum absolute atomic E-state index is 0.170. The second-order valence-electron chi connectivity index (χ2n) is 1.08. The van der Waals surface area contributed by atoms with E-state index in [4.69, 9.17) is 6.42 Å². The fraction of sp³-hybridized carbons (Fsp3) is 0.400. The monoisotopic (exact) mass is 113 g/mol. The largest absolute Gasteiger partial charge is 0.364 e. The molecule has 3 nitrogen and oxygen atoms in total. The topological polar surface area (TPSA) is 38.3 Å². The average Bonchev–Trinajstić information content (AvgIpc) is 1.83. The van der Waals surface area contributed by atoms with Gasteiger partial charge in [0.2, 0.25) is 0 Å². The highest BCUT2D eigenvalue weighted by Crippen LogP contribution is 1.59. The molecular formula is C5H7NO2. The molecule has 0 bridgehead atoms. The van der Waals surface area contributed by atoms with Gasteiger partial charge in [0, 0.05) is 7.11 Å². The first kappa shape index (κ1) is 6.99. The van der Waals surface area contributed by atoms with Crippen LogP contribution in [-0.4, -0.2) is 19.7 Å². The Morgan fingerprint density at radius 1 is 2.00 bits per heavy atom. The van der Waals surface area contributed by atoms with Gasteiger partial charge in [0.05, 0.1) is 0 Å². The quantitative estimate of drug-likeness (QED) is 0.381. The first-order valence-electron chi connectivity index (χ1n) is 2.04. The van der Waals surface area contributed by atoms with Crippen molar-refractivity contribution in [3.63, 3.8) is 0 Å². The van der Waals surface area contributed by atoms with Crippen LogP contribution in [-0.2, 0) is 9.53 Å². The molecule has 0 aliphatic rings. The average molecular weight is 113 g/mol. The first-order chi connectivity index (χ1) is 3.81. The molecule has 0 aromatic carbocycles. The fourth-order valence-corrected chi connectivity index (χ4v) is 0.189. The van der Waals surface area contributed by atoms with Crippen LogP contribution in [0.5, 0.6) is 0 Å². The summed E-state index contributed by atoms with van der Waals surface area (Å²) < 4.78 is 4.49. The van der Waals surface area contributed by atoms with Crippen molar-refractivity contribution in [2.75, 3.05) is 13.8 Å². The van der Waals surface area contributed by atoms with E-state index in [9.17, 15) is 4.79 Å². The number of hydrogen-bond acceptors (Lipinski definition) is 2. The molecule has 0 saturated heterocycles. The molecule has 0 saturated carbocycles. The standard InChI is InChI=1S/C5H7NO2/c1-3-5(7)6-4-8-2/h1H,4H2,2H3,(H,6,7). The highest BCUT2D eigenvalue weighted by atomic mass is 16.5. The van der Waals surface area contributed by atoms with E-state index in [1.54, 1.807) is 0 Å². The highest BCUT2D eigenvalue weighted by molar-refractivity contribution is 5.92. The summed E-state index contributed by atoms with van der Waals surface area (Å²) in [5.74, 6) is 1.42. The van der Waals surface area contributed by atoms with Gasteiger partial charge in [0.15, 0.2) is 0 Å². The zero-order valence-corrected chi connectivity index (χ0v) is 4.60. The lowest BCUT2D eigenvalue weighted by molar-refractivity contribution is -0.117. The van der Waals surface area contributed by atoms with Crippen LogP contribution in [0, 0.1) is 12.3 Å². The van der Waals surface area contributed by atoms with E-state index in [0.29, 0.717) is 0 Å². The molecule has 0 spiro atoms. The summed E-state index contributed by atoms with van der Waals surface area (Å²) in [5.41, 5.74) is 0. The second kappa shape index (κ2) is 4.16. The van der Waals surface area contributed by atoms with Crippen molar-refractivity contribution in [1.29, 1.82) is 0 Å². The van der Waals surface area contributed by atoms with Gasteiger partial charge in [-0.1, -0.05) is 0 Å². The van der Waals surface area contributed by atoms with Gasteiger partial charge in [-0.15, -0.1) is 6.42 Å². The Morgan fingerprint density at radius 3 is 3.00 bits per heavy atom. The number of carbonyl (C=O) groups excluding carboxylic acids is 1. The van der Waals surface area contributed by atoms with Gasteiger partial charge in [-0.05, 0) is 5.92 Å². The van der Waals surface area contributed by atoms with Crippen LogP contribution in [0.4, 0.5) is 0 Å². The number of ether oxygens (including phenoxy) is 1. The van der Waals surface area contributed by atoms with E-state index >= 15 is 0 Å². The molecule has 0 aromatic rings. The van der Waals surface area contributed by atoms with E-state index < -0.39 is 5.91 Å². The summed E-state index contributed by atoms with van der Waals surface area (Å²) >= 11 is 0. The van der Waals surface area contributed by atoms with E-state index in [-0.39, 0.29) is 6.73 Å². The lowest BCUT2D eigenvalue weighted by Gasteiger charge is -1.94. The summed E-state index contributed by atoms with van der Waals surface area (Å²) in [5, 5.41) is 2.28. The predicted molar refractivity (Wildman–Crippen MR) is 28.9 cm³/mol. The summed E-state index contributed by atoms with van der Waals surface area (Å²) in [7, 11) is 1.47. The minimum atomic E-state index is -0.452. The van der Waals surface area contributed by atoms with Gasteiger partial charge in [-0.25, -0.2) is 0 Å². The molecule has 0 radical (unpaired) electrons. The van der Waals surface area contributed by atoms with Crippen molar-refractivity contribution in [2.45, 2.75) is 0 Å². The molecule has 0 atom stereocenters. The van der Waals surface area contributed by atoms with Crippen molar-refractivity contribution in [3.05, 3.63) is 0 Å². The summed E-state index contributed by atoms with van der Waals surface area (Å²) in [6.07, 6.45) is 4.70. The van der Waals surface area contributed by atoms with Crippen LogP contribution in [0.15, 0.2) is 0 Å². The van der Waals surface area contributed by atoms with Crippen molar-refractivity contribution < 1.29 is 9.53 Å². The fourth-order valence-electron chi connectivity index (χ4n) is 0.189. The molecule has 0 aliphatic heterocycles. The van der Waals surface area contributed by atoms with Crippen molar-refractivity contribution in [1.82, 2.24) is 5.32 Å². The maximum atomic E-state index is 10.1. The first-order valence-corrected chi connectivity index (χ1v) is 2.04. The highest BCUT2D eigenvalue weighted by Gasteiger charge is 1.87. The van der Waals surface area contributed by atoms with Gasteiger partial charge in [0.25, 0.3) is 5.91 Å². The van der Waals surface area contributed by atoms with Gasteiger partial charge >= 0.3 is 0 Å². The summed E-state index contributed by atoms with van der Waals surface area (Å²) in [6, 6.07) is 0. The molecule has 8 heavy (non-hydrogen) atoms. The molecule has 1 amide bonds. The normalized spacial score (nSPS) is 7.50. The van der Waals surface area contributed by atoms with Gasteiger partial charge in [-0.2, -0.15) is 0 Å². The zero-order valence-electron chi connectivity index (χ0n) is 4.60. The van der Waals surface area contributed by atoms with E-state index in [1.807, 2.05) is 5.92 Å². The van der Waals surface area contributed by atoms with Gasteiger partial charge in [-0.3, -0.25) is 4.79 Å². The zero-order chi connectivity index (χ0) is 6.41. The maximum Gasteiger partial charge on any atom is 0.297 e. The Labute approximate surface area is 48.0 Å². The summed E-state index contributed by atoms with van der Waals surface area (Å²) in [4.78, 5) is 10.1. The number of rotatable bonds is 2. The second-order valence-corrected chi connectivity index (χ2v) is 1.08. The third-order valence-corrected chi connectivity index (χ3v) is 0.508. The van der Waals surface area contributed by atoms with Gasteiger partial charge in [0.1, 0.15) is 6.73 Å². The van der Waals surface area contributed by atoms with Crippen molar-refractivity contribution in [3.8, 4) is 12.3 Å². The Morgan fingerprint density at radius 2 is 2.62 bits per heavy atom. The molecule has 0 aliphatic carbocycles. The van der Waals surface area contributed by atoms with E-state index in [2.05, 4.69) is 10.1 Å². The molecular weight excluding hydrogens is 106 g/mol. The molecule has 0 fully saturated rings. The molecule has 44 valence electrons. The minimum Gasteiger partial charge on any atom is -0.364 e. The van der Waals surface area contributed by atoms with Crippen molar-refractivity contribution in [2.24, 2.45) is 0 Å². The van der Waals surface area contributed by atoms with E-state index in [0.717, 1.165) is 0 Å². The number of carbonyl (C=O) groups is 1. The Kier molecular flexibility index (Phi) is 3.63.